The predicted octanol–water partition coefficient (Wildman–Crippen LogP) is 3.21. The van der Waals surface area contributed by atoms with Gasteiger partial charge in [-0.25, -0.2) is 4.39 Å². The number of benzene rings is 2. The van der Waals surface area contributed by atoms with E-state index in [-0.39, 0.29) is 11.9 Å². The van der Waals surface area contributed by atoms with E-state index < -0.39 is 0 Å². The maximum absolute atomic E-state index is 13.7. The summed E-state index contributed by atoms with van der Waals surface area (Å²) in [6.45, 7) is 0. The van der Waals surface area contributed by atoms with E-state index in [1.54, 1.807) is 13.2 Å². The third-order valence-electron chi connectivity index (χ3n) is 3.45. The average Bonchev–Trinajstić information content (AvgIpc) is 2.49. The van der Waals surface area contributed by atoms with Gasteiger partial charge in [0, 0.05) is 6.04 Å². The molecule has 0 aliphatic carbocycles. The second-order valence-corrected chi connectivity index (χ2v) is 4.84. The number of hydrogen-bond donors (Lipinski definition) is 1. The highest BCUT2D eigenvalue weighted by Crippen LogP contribution is 2.16. The maximum Gasteiger partial charge on any atom is 0.126 e. The Labute approximate surface area is 119 Å². The molecule has 20 heavy (non-hydrogen) atoms. The third kappa shape index (κ3) is 3.81. The lowest BCUT2D eigenvalue weighted by molar-refractivity contribution is 0.414. The summed E-state index contributed by atoms with van der Waals surface area (Å²) >= 11 is 0. The van der Waals surface area contributed by atoms with E-state index in [0.717, 1.165) is 17.7 Å². The average molecular weight is 273 g/mol. The molecular formula is C17H20FNO. The molecular weight excluding hydrogens is 253 g/mol. The Morgan fingerprint density at radius 3 is 2.60 bits per heavy atom. The summed E-state index contributed by atoms with van der Waals surface area (Å²) < 4.78 is 18.9. The van der Waals surface area contributed by atoms with Crippen LogP contribution in [0.4, 0.5) is 4.39 Å². The molecule has 3 heteroatoms. The van der Waals surface area contributed by atoms with Crippen LogP contribution in [0.25, 0.3) is 0 Å². The number of likely N-dealkylation sites (N-methyl/N-ethyl adjacent to an activating group) is 1. The highest BCUT2D eigenvalue weighted by atomic mass is 19.1. The summed E-state index contributed by atoms with van der Waals surface area (Å²) in [6.07, 6.45) is 1.50. The fraction of sp³-hybridized carbons (Fsp3) is 0.294. The summed E-state index contributed by atoms with van der Waals surface area (Å²) in [5.74, 6) is 0.710. The molecule has 106 valence electrons. The zero-order chi connectivity index (χ0) is 14.4. The molecule has 1 N–H and O–H groups in total. The van der Waals surface area contributed by atoms with Gasteiger partial charge in [0.1, 0.15) is 11.6 Å². The van der Waals surface area contributed by atoms with Gasteiger partial charge in [0.25, 0.3) is 0 Å². The van der Waals surface area contributed by atoms with Gasteiger partial charge in [-0.05, 0) is 49.2 Å². The Balaban J connectivity index is 2.07. The molecule has 0 aliphatic heterocycles. The molecule has 2 rings (SSSR count). The molecule has 0 saturated carbocycles. The van der Waals surface area contributed by atoms with Gasteiger partial charge in [0.05, 0.1) is 7.11 Å². The van der Waals surface area contributed by atoms with Gasteiger partial charge in [0.15, 0.2) is 0 Å². The highest BCUT2D eigenvalue weighted by Gasteiger charge is 2.11. The minimum atomic E-state index is -0.140. The van der Waals surface area contributed by atoms with Crippen molar-refractivity contribution < 1.29 is 9.13 Å². The second kappa shape index (κ2) is 7.06. The molecule has 0 saturated heterocycles. The van der Waals surface area contributed by atoms with Gasteiger partial charge in [0.2, 0.25) is 0 Å². The van der Waals surface area contributed by atoms with Crippen LogP contribution in [0.2, 0.25) is 0 Å². The maximum atomic E-state index is 13.7. The predicted molar refractivity (Wildman–Crippen MR) is 79.6 cm³/mol. The zero-order valence-electron chi connectivity index (χ0n) is 11.9. The first-order valence-corrected chi connectivity index (χ1v) is 6.76. The Bertz CT molecular complexity index is 556. The van der Waals surface area contributed by atoms with Crippen LogP contribution in [0.1, 0.15) is 11.1 Å². The molecule has 2 nitrogen and oxygen atoms in total. The smallest absolute Gasteiger partial charge is 0.126 e. The van der Waals surface area contributed by atoms with Gasteiger partial charge in [-0.3, -0.25) is 0 Å². The molecule has 0 bridgehead atoms. The van der Waals surface area contributed by atoms with Crippen molar-refractivity contribution in [2.24, 2.45) is 0 Å². The van der Waals surface area contributed by atoms with Crippen LogP contribution in [0, 0.1) is 5.82 Å². The Morgan fingerprint density at radius 2 is 1.90 bits per heavy atom. The van der Waals surface area contributed by atoms with Gasteiger partial charge >= 0.3 is 0 Å². The van der Waals surface area contributed by atoms with Crippen molar-refractivity contribution >= 4 is 0 Å². The lowest BCUT2D eigenvalue weighted by Crippen LogP contribution is -2.30. The Morgan fingerprint density at radius 1 is 1.10 bits per heavy atom. The van der Waals surface area contributed by atoms with E-state index in [1.807, 2.05) is 37.4 Å². The van der Waals surface area contributed by atoms with Crippen LogP contribution in [0.3, 0.4) is 0 Å². The van der Waals surface area contributed by atoms with Crippen LogP contribution < -0.4 is 10.1 Å². The van der Waals surface area contributed by atoms with Crippen molar-refractivity contribution in [1.82, 2.24) is 5.32 Å². The summed E-state index contributed by atoms with van der Waals surface area (Å²) in [5, 5.41) is 3.26. The minimum Gasteiger partial charge on any atom is -0.497 e. The van der Waals surface area contributed by atoms with Crippen LogP contribution in [0.5, 0.6) is 5.75 Å². The van der Waals surface area contributed by atoms with Crippen LogP contribution in [-0.2, 0) is 12.8 Å². The molecule has 0 heterocycles. The van der Waals surface area contributed by atoms with E-state index in [9.17, 15) is 4.39 Å². The fourth-order valence-corrected chi connectivity index (χ4v) is 2.29. The van der Waals surface area contributed by atoms with Gasteiger partial charge in [-0.15, -0.1) is 0 Å². The first kappa shape index (κ1) is 14.5. The summed E-state index contributed by atoms with van der Waals surface area (Å²) in [4.78, 5) is 0. The minimum absolute atomic E-state index is 0.140. The molecule has 1 unspecified atom stereocenters. The monoisotopic (exact) mass is 273 g/mol. The number of halogens is 1. The highest BCUT2D eigenvalue weighted by molar-refractivity contribution is 5.29. The zero-order valence-corrected chi connectivity index (χ0v) is 11.9. The van der Waals surface area contributed by atoms with E-state index >= 15 is 0 Å². The van der Waals surface area contributed by atoms with E-state index in [0.29, 0.717) is 6.42 Å². The SMILES string of the molecule is CNC(Cc1cccc(OC)c1)Cc1ccccc1F. The van der Waals surface area contributed by atoms with Gasteiger partial charge in [-0.2, -0.15) is 0 Å². The number of rotatable bonds is 6. The normalized spacial score (nSPS) is 12.2. The van der Waals surface area contributed by atoms with E-state index in [1.165, 1.54) is 11.6 Å². The standard InChI is InChI=1S/C17H20FNO/c1-19-15(12-14-7-3-4-9-17(14)18)10-13-6-5-8-16(11-13)20-2/h3-9,11,15,19H,10,12H2,1-2H3. The lowest BCUT2D eigenvalue weighted by atomic mass is 9.98. The van der Waals surface area contributed by atoms with E-state index in [2.05, 4.69) is 11.4 Å². The number of methoxy groups -OCH3 is 1. The lowest BCUT2D eigenvalue weighted by Gasteiger charge is -2.17. The van der Waals surface area contributed by atoms with Crippen LogP contribution in [0.15, 0.2) is 48.5 Å². The fourth-order valence-electron chi connectivity index (χ4n) is 2.29. The van der Waals surface area contributed by atoms with Crippen molar-refractivity contribution in [2.45, 2.75) is 18.9 Å². The van der Waals surface area contributed by atoms with Crippen molar-refractivity contribution in [2.75, 3.05) is 14.2 Å². The van der Waals surface area contributed by atoms with Crippen molar-refractivity contribution in [3.05, 3.63) is 65.5 Å². The van der Waals surface area contributed by atoms with Crippen molar-refractivity contribution in [3.63, 3.8) is 0 Å². The molecule has 0 amide bonds. The largest absolute Gasteiger partial charge is 0.497 e. The molecule has 0 radical (unpaired) electrons. The van der Waals surface area contributed by atoms with Crippen LogP contribution in [-0.4, -0.2) is 20.2 Å². The summed E-state index contributed by atoms with van der Waals surface area (Å²) in [5.41, 5.74) is 1.93. The van der Waals surface area contributed by atoms with Crippen LogP contribution >= 0.6 is 0 Å². The Kier molecular flexibility index (Phi) is 5.13. The number of hydrogen-bond acceptors (Lipinski definition) is 2. The molecule has 1 atom stereocenters. The molecule has 0 spiro atoms. The summed E-state index contributed by atoms with van der Waals surface area (Å²) in [7, 11) is 3.57. The van der Waals surface area contributed by atoms with Gasteiger partial charge in [-0.1, -0.05) is 30.3 Å². The second-order valence-electron chi connectivity index (χ2n) is 4.84. The number of ether oxygens (including phenoxy) is 1. The number of nitrogens with one attached hydrogen (secondary N) is 1. The molecule has 2 aromatic carbocycles. The van der Waals surface area contributed by atoms with Gasteiger partial charge < -0.3 is 10.1 Å². The Hall–Kier alpha value is -1.87. The summed E-state index contributed by atoms with van der Waals surface area (Å²) in [6, 6.07) is 15.1. The quantitative estimate of drug-likeness (QED) is 0.872. The first-order chi connectivity index (χ1) is 9.72. The van der Waals surface area contributed by atoms with Crippen molar-refractivity contribution in [1.29, 1.82) is 0 Å². The first-order valence-electron chi connectivity index (χ1n) is 6.76. The molecule has 0 aliphatic rings. The third-order valence-corrected chi connectivity index (χ3v) is 3.45. The molecule has 2 aromatic rings. The molecule has 0 aromatic heterocycles. The topological polar surface area (TPSA) is 21.3 Å². The molecule has 0 fully saturated rings. The van der Waals surface area contributed by atoms with Crippen molar-refractivity contribution in [3.8, 4) is 5.75 Å². The van der Waals surface area contributed by atoms with E-state index in [4.69, 9.17) is 4.74 Å².